The Balaban J connectivity index is 1.80. The van der Waals surface area contributed by atoms with E-state index in [2.05, 4.69) is 28.1 Å². The lowest BCUT2D eigenvalue weighted by Gasteiger charge is -2.20. The number of para-hydroxylation sites is 3. The molecule has 2 aromatic carbocycles. The van der Waals surface area contributed by atoms with Crippen molar-refractivity contribution in [2.45, 2.75) is 11.9 Å². The summed E-state index contributed by atoms with van der Waals surface area (Å²) in [5.41, 5.74) is 0.353. The topological polar surface area (TPSA) is 127 Å². The lowest BCUT2D eigenvalue weighted by Crippen LogP contribution is -2.30. The molecule has 164 valence electrons. The molecule has 0 aliphatic heterocycles. The van der Waals surface area contributed by atoms with Crippen molar-refractivity contribution in [1.82, 2.24) is 4.98 Å². The highest BCUT2D eigenvalue weighted by molar-refractivity contribution is 7.80. The smallest absolute Gasteiger partial charge is 0.419 e. The molecule has 0 aliphatic rings. The number of thiazole rings is 1. The van der Waals surface area contributed by atoms with Gasteiger partial charge in [0.05, 0.1) is 11.3 Å². The SMILES string of the molecule is CC(=O)Oc1ccccc1N(C)C(=O)Oc1ccccc1C(=O)Nc1nc(S)c(N=O)s1. The zero-order chi connectivity index (χ0) is 23.3. The number of rotatable bonds is 6. The van der Waals surface area contributed by atoms with Crippen LogP contribution in [0.1, 0.15) is 17.3 Å². The predicted octanol–water partition coefficient (Wildman–Crippen LogP) is 4.64. The molecule has 32 heavy (non-hydrogen) atoms. The molecule has 0 spiro atoms. The van der Waals surface area contributed by atoms with Crippen LogP contribution in [0.15, 0.2) is 58.7 Å². The monoisotopic (exact) mass is 472 g/mol. The second-order valence-corrected chi connectivity index (χ2v) is 7.58. The number of hydrogen-bond acceptors (Lipinski definition) is 10. The minimum absolute atomic E-state index is 0.0109. The average molecular weight is 473 g/mol. The largest absolute Gasteiger partial charge is 0.424 e. The van der Waals surface area contributed by atoms with Crippen molar-refractivity contribution in [3.63, 3.8) is 0 Å². The maximum Gasteiger partial charge on any atom is 0.419 e. The number of nitroso groups, excluding NO2 is 1. The molecule has 3 rings (SSSR count). The van der Waals surface area contributed by atoms with Gasteiger partial charge in [-0.3, -0.25) is 19.8 Å². The van der Waals surface area contributed by atoms with E-state index in [-0.39, 0.29) is 32.2 Å². The summed E-state index contributed by atoms with van der Waals surface area (Å²) >= 11 is 4.86. The molecular weight excluding hydrogens is 456 g/mol. The van der Waals surface area contributed by atoms with Crippen molar-refractivity contribution in [1.29, 1.82) is 0 Å². The third kappa shape index (κ3) is 5.28. The highest BCUT2D eigenvalue weighted by atomic mass is 32.1. The molecule has 0 aliphatic carbocycles. The van der Waals surface area contributed by atoms with Crippen LogP contribution < -0.4 is 19.7 Å². The first-order valence-electron chi connectivity index (χ1n) is 8.96. The number of anilines is 2. The van der Waals surface area contributed by atoms with Gasteiger partial charge in [0, 0.05) is 14.0 Å². The van der Waals surface area contributed by atoms with Crippen LogP contribution in [-0.4, -0.2) is 30.0 Å². The normalized spacial score (nSPS) is 10.2. The summed E-state index contributed by atoms with van der Waals surface area (Å²) < 4.78 is 10.5. The van der Waals surface area contributed by atoms with Gasteiger partial charge in [0.15, 0.2) is 15.9 Å². The van der Waals surface area contributed by atoms with E-state index in [0.717, 1.165) is 16.2 Å². The number of aromatic nitrogens is 1. The van der Waals surface area contributed by atoms with Gasteiger partial charge in [0.2, 0.25) is 0 Å². The van der Waals surface area contributed by atoms with E-state index in [4.69, 9.17) is 9.47 Å². The minimum atomic E-state index is -0.816. The van der Waals surface area contributed by atoms with Crippen molar-refractivity contribution in [3.05, 3.63) is 59.0 Å². The van der Waals surface area contributed by atoms with Gasteiger partial charge in [0.25, 0.3) is 5.91 Å². The second-order valence-electron chi connectivity index (χ2n) is 6.18. The number of amides is 2. The predicted molar refractivity (Wildman–Crippen MR) is 121 cm³/mol. The number of thiol groups is 1. The molecule has 3 aromatic rings. The molecule has 12 heteroatoms. The van der Waals surface area contributed by atoms with Gasteiger partial charge in [-0.1, -0.05) is 35.6 Å². The number of ether oxygens (including phenoxy) is 2. The highest BCUT2D eigenvalue weighted by Gasteiger charge is 2.22. The summed E-state index contributed by atoms with van der Waals surface area (Å²) in [6, 6.07) is 12.5. The Morgan fingerprint density at radius 2 is 1.72 bits per heavy atom. The Kier molecular flexibility index (Phi) is 7.18. The highest BCUT2D eigenvalue weighted by Crippen LogP contribution is 2.34. The summed E-state index contributed by atoms with van der Waals surface area (Å²) in [5.74, 6) is -0.990. The molecule has 1 aromatic heterocycles. The number of hydrogen-bond donors (Lipinski definition) is 2. The van der Waals surface area contributed by atoms with Crippen molar-refractivity contribution in [2.24, 2.45) is 5.18 Å². The van der Waals surface area contributed by atoms with Crippen LogP contribution in [-0.2, 0) is 4.79 Å². The fourth-order valence-corrected chi connectivity index (χ4v) is 3.54. The fraction of sp³-hybridized carbons (Fsp3) is 0.100. The van der Waals surface area contributed by atoms with E-state index >= 15 is 0 Å². The molecule has 10 nitrogen and oxygen atoms in total. The summed E-state index contributed by atoms with van der Waals surface area (Å²) in [6.45, 7) is 1.25. The number of carbonyl (C=O) groups excluding carboxylic acids is 3. The molecule has 0 fully saturated rings. The van der Waals surface area contributed by atoms with E-state index < -0.39 is 18.0 Å². The van der Waals surface area contributed by atoms with E-state index in [0.29, 0.717) is 5.69 Å². The Morgan fingerprint density at radius 3 is 2.38 bits per heavy atom. The zero-order valence-electron chi connectivity index (χ0n) is 16.8. The average Bonchev–Trinajstić information content (AvgIpc) is 3.12. The number of nitrogens with zero attached hydrogens (tertiary/aromatic N) is 3. The van der Waals surface area contributed by atoms with Gasteiger partial charge in [0.1, 0.15) is 10.8 Å². The van der Waals surface area contributed by atoms with E-state index in [1.165, 1.54) is 32.2 Å². The molecule has 0 saturated heterocycles. The Morgan fingerprint density at radius 1 is 1.06 bits per heavy atom. The molecule has 0 bridgehead atoms. The van der Waals surface area contributed by atoms with Crippen molar-refractivity contribution in [2.75, 3.05) is 17.3 Å². The maximum atomic E-state index is 12.7. The van der Waals surface area contributed by atoms with Crippen molar-refractivity contribution >= 4 is 57.8 Å². The summed E-state index contributed by atoms with van der Waals surface area (Å²) in [7, 11) is 1.44. The van der Waals surface area contributed by atoms with Gasteiger partial charge in [-0.25, -0.2) is 9.78 Å². The quantitative estimate of drug-likeness (QED) is 0.231. The lowest BCUT2D eigenvalue weighted by molar-refractivity contribution is -0.131. The van der Waals surface area contributed by atoms with Crippen LogP contribution in [0, 0.1) is 4.91 Å². The van der Waals surface area contributed by atoms with E-state index in [1.54, 1.807) is 30.3 Å². The number of nitrogens with one attached hydrogen (secondary N) is 1. The Hall–Kier alpha value is -3.77. The lowest BCUT2D eigenvalue weighted by atomic mass is 10.2. The maximum absolute atomic E-state index is 12.7. The molecular formula is C20H16N4O6S2. The van der Waals surface area contributed by atoms with Gasteiger partial charge >= 0.3 is 12.1 Å². The molecule has 0 unspecified atom stereocenters. The number of benzene rings is 2. The molecule has 0 saturated carbocycles. The van der Waals surface area contributed by atoms with Gasteiger partial charge < -0.3 is 9.47 Å². The summed E-state index contributed by atoms with van der Waals surface area (Å²) in [5, 5.41) is 5.52. The standard InChI is InChI=1S/C20H16N4O6S2/c1-11(25)29-15-10-6-4-8-13(15)24(2)20(27)30-14-9-5-3-7-12(14)16(26)21-19-22-17(31)18(23-28)32-19/h3-10,31H,1-2H3,(H,21,22,26). The number of carbonyl (C=O) groups is 3. The first kappa shape index (κ1) is 22.9. The zero-order valence-corrected chi connectivity index (χ0v) is 18.5. The van der Waals surface area contributed by atoms with Crippen LogP contribution in [0.5, 0.6) is 11.5 Å². The molecule has 2 amide bonds. The third-order valence-electron chi connectivity index (χ3n) is 3.98. The molecule has 0 atom stereocenters. The van der Waals surface area contributed by atoms with Gasteiger partial charge in [-0.05, 0) is 29.4 Å². The minimum Gasteiger partial charge on any atom is -0.424 e. The van der Waals surface area contributed by atoms with Gasteiger partial charge in [-0.2, -0.15) is 0 Å². The molecule has 1 heterocycles. The van der Waals surface area contributed by atoms with Crippen LogP contribution in [0.3, 0.4) is 0 Å². The Labute approximate surface area is 191 Å². The van der Waals surface area contributed by atoms with E-state index in [1.807, 2.05) is 0 Å². The van der Waals surface area contributed by atoms with Crippen LogP contribution in [0.2, 0.25) is 0 Å². The first-order valence-corrected chi connectivity index (χ1v) is 10.2. The first-order chi connectivity index (χ1) is 15.3. The van der Waals surface area contributed by atoms with Crippen LogP contribution >= 0.6 is 24.0 Å². The third-order valence-corrected chi connectivity index (χ3v) is 5.29. The van der Waals surface area contributed by atoms with Crippen molar-refractivity contribution in [3.8, 4) is 11.5 Å². The van der Waals surface area contributed by atoms with Gasteiger partial charge in [-0.15, -0.1) is 17.5 Å². The molecule has 0 radical (unpaired) electrons. The van der Waals surface area contributed by atoms with Crippen LogP contribution in [0.25, 0.3) is 0 Å². The molecule has 1 N–H and O–H groups in total. The Bertz CT molecular complexity index is 1200. The summed E-state index contributed by atoms with van der Waals surface area (Å²) in [6.07, 6.45) is -0.816. The van der Waals surface area contributed by atoms with E-state index in [9.17, 15) is 19.3 Å². The second kappa shape index (κ2) is 10.0. The summed E-state index contributed by atoms with van der Waals surface area (Å²) in [4.78, 5) is 52.5. The van der Waals surface area contributed by atoms with Crippen molar-refractivity contribution < 1.29 is 23.9 Å². The number of esters is 1. The fourth-order valence-electron chi connectivity index (χ4n) is 2.56. The van der Waals surface area contributed by atoms with Crippen LogP contribution in [0.4, 0.5) is 20.6 Å².